The van der Waals surface area contributed by atoms with Crippen molar-refractivity contribution < 1.29 is 14.4 Å². The van der Waals surface area contributed by atoms with E-state index in [1.54, 1.807) is 24.1 Å². The molecule has 1 heterocycles. The summed E-state index contributed by atoms with van der Waals surface area (Å²) in [6.07, 6.45) is 0. The Bertz CT molecular complexity index is 1780. The van der Waals surface area contributed by atoms with E-state index in [9.17, 15) is 14.4 Å². The smallest absolute Gasteiger partial charge is 0.257 e. The number of nitrogens with zero attached hydrogens (tertiary/aromatic N) is 2. The first-order valence-corrected chi connectivity index (χ1v) is 17.4. The topological polar surface area (TPSA) is 90.9 Å². The lowest BCUT2D eigenvalue weighted by molar-refractivity contribution is -0.132. The Kier molecular flexibility index (Phi) is 11.2. The summed E-state index contributed by atoms with van der Waals surface area (Å²) in [5, 5.41) is 6.56. The number of amidine groups is 1. The summed E-state index contributed by atoms with van der Waals surface area (Å²) in [5.41, 5.74) is 6.95. The third-order valence-electron chi connectivity index (χ3n) is 8.48. The van der Waals surface area contributed by atoms with Crippen LogP contribution in [0.2, 0.25) is 0 Å². The fourth-order valence-corrected chi connectivity index (χ4v) is 6.86. The molecule has 248 valence electrons. The van der Waals surface area contributed by atoms with Gasteiger partial charge in [-0.25, -0.2) is 0 Å². The van der Waals surface area contributed by atoms with Crippen LogP contribution in [-0.2, 0) is 4.79 Å². The molecule has 7 nitrogen and oxygen atoms in total. The molecule has 1 unspecified atom stereocenters. The van der Waals surface area contributed by atoms with Gasteiger partial charge in [-0.2, -0.15) is 0 Å². The maximum atomic E-state index is 13.5. The first kappa shape index (κ1) is 34.6. The van der Waals surface area contributed by atoms with Crippen LogP contribution in [-0.4, -0.2) is 47.1 Å². The van der Waals surface area contributed by atoms with Gasteiger partial charge in [0.05, 0.1) is 6.04 Å². The summed E-state index contributed by atoms with van der Waals surface area (Å²) in [6, 6.07) is 29.9. The monoisotopic (exact) mass is 660 g/mol. The minimum atomic E-state index is -0.794. The van der Waals surface area contributed by atoms with Crippen LogP contribution in [0.15, 0.2) is 102 Å². The Morgan fingerprint density at radius 2 is 1.52 bits per heavy atom. The SMILES string of the molecule is Cc1cccc(C(=O)NC2=NC(c3ccc(C(=O)N[C@H](C(=O)N(C)CC(C)C)c4ccccc4)cc3)CS2)c1-c1ccc(C(C)C)cc1. The molecule has 0 saturated carbocycles. The third kappa shape index (κ3) is 8.23. The van der Waals surface area contributed by atoms with Gasteiger partial charge >= 0.3 is 0 Å². The van der Waals surface area contributed by atoms with Gasteiger partial charge in [0.2, 0.25) is 5.91 Å². The summed E-state index contributed by atoms with van der Waals surface area (Å²) in [6.45, 7) is 11.1. The van der Waals surface area contributed by atoms with E-state index in [2.05, 4.69) is 62.6 Å². The first-order chi connectivity index (χ1) is 23.0. The number of amides is 3. The molecule has 48 heavy (non-hydrogen) atoms. The number of rotatable bonds is 10. The van der Waals surface area contributed by atoms with Crippen LogP contribution in [0.1, 0.15) is 88.7 Å². The highest BCUT2D eigenvalue weighted by Crippen LogP contribution is 2.32. The van der Waals surface area contributed by atoms with E-state index < -0.39 is 6.04 Å². The molecule has 8 heteroatoms. The van der Waals surface area contributed by atoms with E-state index in [0.29, 0.717) is 40.4 Å². The van der Waals surface area contributed by atoms with Crippen molar-refractivity contribution in [2.24, 2.45) is 10.9 Å². The van der Waals surface area contributed by atoms with Crippen molar-refractivity contribution in [3.05, 3.63) is 130 Å². The van der Waals surface area contributed by atoms with Crippen LogP contribution in [0.4, 0.5) is 0 Å². The highest BCUT2D eigenvalue weighted by molar-refractivity contribution is 8.14. The van der Waals surface area contributed by atoms with Crippen LogP contribution in [0.5, 0.6) is 0 Å². The number of nitrogens with one attached hydrogen (secondary N) is 2. The number of thioether (sulfide) groups is 1. The lowest BCUT2D eigenvalue weighted by Crippen LogP contribution is -2.42. The lowest BCUT2D eigenvalue weighted by Gasteiger charge is -2.26. The number of carbonyl (C=O) groups excluding carboxylic acids is 3. The fraction of sp³-hybridized carbons (Fsp3) is 0.300. The van der Waals surface area contributed by atoms with Gasteiger partial charge in [-0.3, -0.25) is 19.4 Å². The van der Waals surface area contributed by atoms with Crippen molar-refractivity contribution in [1.82, 2.24) is 15.5 Å². The van der Waals surface area contributed by atoms with Gasteiger partial charge in [0.25, 0.3) is 11.8 Å². The molecule has 0 saturated heterocycles. The Morgan fingerprint density at radius 1 is 0.833 bits per heavy atom. The van der Waals surface area contributed by atoms with Crippen molar-refractivity contribution in [3.8, 4) is 11.1 Å². The van der Waals surface area contributed by atoms with Gasteiger partial charge in [0.15, 0.2) is 5.17 Å². The molecule has 1 aliphatic heterocycles. The zero-order valence-electron chi connectivity index (χ0n) is 28.5. The summed E-state index contributed by atoms with van der Waals surface area (Å²) in [7, 11) is 1.77. The van der Waals surface area contributed by atoms with E-state index in [4.69, 9.17) is 4.99 Å². The van der Waals surface area contributed by atoms with Crippen molar-refractivity contribution in [2.75, 3.05) is 19.3 Å². The van der Waals surface area contributed by atoms with Gasteiger partial charge < -0.3 is 15.5 Å². The number of likely N-dealkylation sites (N-methyl/N-ethyl adjacent to an activating group) is 1. The maximum absolute atomic E-state index is 13.5. The summed E-state index contributed by atoms with van der Waals surface area (Å²) < 4.78 is 0. The minimum Gasteiger partial charge on any atom is -0.343 e. The Morgan fingerprint density at radius 3 is 2.17 bits per heavy atom. The molecule has 4 aromatic rings. The largest absolute Gasteiger partial charge is 0.343 e. The highest BCUT2D eigenvalue weighted by Gasteiger charge is 2.27. The van der Waals surface area contributed by atoms with Gasteiger partial charge in [-0.05, 0) is 70.3 Å². The van der Waals surface area contributed by atoms with Crippen LogP contribution >= 0.6 is 11.8 Å². The number of aliphatic imine (C=N–C) groups is 1. The molecule has 0 aromatic heterocycles. The quantitative estimate of drug-likeness (QED) is 0.181. The highest BCUT2D eigenvalue weighted by atomic mass is 32.2. The van der Waals surface area contributed by atoms with E-state index in [1.807, 2.05) is 67.6 Å². The molecule has 0 bridgehead atoms. The summed E-state index contributed by atoms with van der Waals surface area (Å²) in [4.78, 5) is 46.8. The zero-order chi connectivity index (χ0) is 34.4. The standard InChI is InChI=1S/C40H44N4O3S/c1-25(2)23-44(6)39(47)36(31-12-8-7-9-13-31)42-37(45)32-21-17-29(18-22-32)34-24-48-40(41-34)43-38(46)33-14-10-11-27(5)35(33)30-19-15-28(16-20-30)26(3)4/h7-22,25-26,34,36H,23-24H2,1-6H3,(H,42,45)(H,41,43,46)/t34?,36-/m0/s1. The first-order valence-electron chi connectivity index (χ1n) is 16.4. The van der Waals surface area contributed by atoms with Gasteiger partial charge in [0, 0.05) is 30.5 Å². The molecule has 4 aromatic carbocycles. The van der Waals surface area contributed by atoms with Crippen LogP contribution in [0, 0.1) is 12.8 Å². The molecular weight excluding hydrogens is 617 g/mol. The van der Waals surface area contributed by atoms with E-state index in [-0.39, 0.29) is 23.8 Å². The molecule has 3 amide bonds. The molecule has 2 atom stereocenters. The van der Waals surface area contributed by atoms with Crippen molar-refractivity contribution in [2.45, 2.75) is 52.6 Å². The second-order valence-corrected chi connectivity index (χ2v) is 14.0. The second-order valence-electron chi connectivity index (χ2n) is 13.0. The van der Waals surface area contributed by atoms with Crippen molar-refractivity contribution in [1.29, 1.82) is 0 Å². The Balaban J connectivity index is 1.27. The van der Waals surface area contributed by atoms with Crippen molar-refractivity contribution in [3.63, 3.8) is 0 Å². The summed E-state index contributed by atoms with van der Waals surface area (Å²) in [5.74, 6) is 0.728. The molecule has 0 spiro atoms. The summed E-state index contributed by atoms with van der Waals surface area (Å²) >= 11 is 1.50. The zero-order valence-corrected chi connectivity index (χ0v) is 29.3. The Labute approximate surface area is 288 Å². The Hall–Kier alpha value is -4.69. The van der Waals surface area contributed by atoms with Crippen LogP contribution < -0.4 is 10.6 Å². The maximum Gasteiger partial charge on any atom is 0.257 e. The number of hydrogen-bond acceptors (Lipinski definition) is 5. The predicted octanol–water partition coefficient (Wildman–Crippen LogP) is 7.94. The minimum absolute atomic E-state index is 0.159. The van der Waals surface area contributed by atoms with Crippen LogP contribution in [0.25, 0.3) is 11.1 Å². The molecule has 0 aliphatic carbocycles. The third-order valence-corrected chi connectivity index (χ3v) is 9.45. The number of hydrogen-bond donors (Lipinski definition) is 2. The predicted molar refractivity (Wildman–Crippen MR) is 196 cm³/mol. The number of benzene rings is 4. The van der Waals surface area contributed by atoms with Crippen LogP contribution in [0.3, 0.4) is 0 Å². The molecule has 1 aliphatic rings. The van der Waals surface area contributed by atoms with Crippen molar-refractivity contribution >= 4 is 34.7 Å². The van der Waals surface area contributed by atoms with Gasteiger partial charge in [-0.1, -0.05) is 118 Å². The van der Waals surface area contributed by atoms with E-state index in [0.717, 1.165) is 27.8 Å². The fourth-order valence-electron chi connectivity index (χ4n) is 5.91. The van der Waals surface area contributed by atoms with E-state index >= 15 is 0 Å². The average Bonchev–Trinajstić information content (AvgIpc) is 3.55. The lowest BCUT2D eigenvalue weighted by atomic mass is 9.92. The molecular formula is C40H44N4O3S. The second kappa shape index (κ2) is 15.5. The normalized spacial score (nSPS) is 14.8. The van der Waals surface area contributed by atoms with Gasteiger partial charge in [-0.15, -0.1) is 0 Å². The molecule has 2 N–H and O–H groups in total. The number of carbonyl (C=O) groups is 3. The molecule has 0 radical (unpaired) electrons. The van der Waals surface area contributed by atoms with Gasteiger partial charge in [0.1, 0.15) is 6.04 Å². The number of aryl methyl sites for hydroxylation is 1. The molecule has 0 fully saturated rings. The average molecular weight is 661 g/mol. The van der Waals surface area contributed by atoms with E-state index in [1.165, 1.54) is 17.3 Å². The molecule has 5 rings (SSSR count).